The molecule has 1 aromatic carbocycles. The van der Waals surface area contributed by atoms with Gasteiger partial charge in [-0.25, -0.2) is 0 Å². The molecule has 7 atom stereocenters. The Bertz CT molecular complexity index is 527. The van der Waals surface area contributed by atoms with Crippen molar-refractivity contribution in [3.8, 4) is 0 Å². The number of ether oxygens (including phenoxy) is 3. The third kappa shape index (κ3) is 6.58. The Morgan fingerprint density at radius 1 is 1.19 bits per heavy atom. The van der Waals surface area contributed by atoms with Gasteiger partial charge in [-0.15, -0.1) is 18.2 Å². The zero-order valence-electron chi connectivity index (χ0n) is 15.1. The van der Waals surface area contributed by atoms with Crippen LogP contribution in [0.25, 0.3) is 0 Å². The van der Waals surface area contributed by atoms with Crippen LogP contribution in [0.3, 0.4) is 0 Å². The second-order valence-corrected chi connectivity index (χ2v) is 7.74. The van der Waals surface area contributed by atoms with Crippen molar-refractivity contribution in [2.45, 2.75) is 44.1 Å². The van der Waals surface area contributed by atoms with Gasteiger partial charge < -0.3 is 28.6 Å². The Labute approximate surface area is 161 Å². The van der Waals surface area contributed by atoms with Crippen molar-refractivity contribution < 1.29 is 28.6 Å². The number of methoxy groups -OCH3 is 1. The molecule has 0 aliphatic carbocycles. The molecule has 1 aromatic rings. The lowest BCUT2D eigenvalue weighted by Gasteiger charge is -2.45. The molecule has 0 spiro atoms. The molecule has 11 heteroatoms. The van der Waals surface area contributed by atoms with E-state index in [1.807, 2.05) is 37.2 Å². The van der Waals surface area contributed by atoms with Crippen LogP contribution >= 0.6 is 18.2 Å². The zero-order valence-corrected chi connectivity index (χ0v) is 17.4. The van der Waals surface area contributed by atoms with Gasteiger partial charge >= 0.3 is 6.64 Å². The van der Waals surface area contributed by atoms with Crippen LogP contribution in [-0.2, 0) is 30.1 Å². The van der Waals surface area contributed by atoms with E-state index in [-0.39, 0.29) is 13.2 Å². The summed E-state index contributed by atoms with van der Waals surface area (Å²) in [5.74, 6) is 0. The molecule has 7 unspecified atom stereocenters. The van der Waals surface area contributed by atoms with E-state index in [0.29, 0.717) is 6.61 Å². The van der Waals surface area contributed by atoms with Crippen LogP contribution in [0.5, 0.6) is 0 Å². The maximum absolute atomic E-state index is 10.5. The Hall–Kier alpha value is 0.0348. The third-order valence-corrected chi connectivity index (χ3v) is 4.24. The first-order valence-electron chi connectivity index (χ1n) is 8.48. The zero-order chi connectivity index (χ0) is 19.1. The van der Waals surface area contributed by atoms with Crippen LogP contribution in [-0.4, -0.2) is 70.4 Å². The van der Waals surface area contributed by atoms with Crippen LogP contribution in [0.4, 0.5) is 0 Å². The van der Waals surface area contributed by atoms with E-state index in [4.69, 9.17) is 31.3 Å². The molecule has 1 saturated heterocycles. The van der Waals surface area contributed by atoms with E-state index in [2.05, 4.69) is 18.2 Å². The maximum atomic E-state index is 10.5. The Balaban J connectivity index is 2.08. The number of hydrogen-bond acceptors (Lipinski definition) is 6. The first kappa shape index (κ1) is 22.3. The average Bonchev–Trinajstić information content (AvgIpc) is 2.60. The number of benzene rings is 1. The lowest BCUT2D eigenvalue weighted by Crippen LogP contribution is -2.62. The Morgan fingerprint density at radius 2 is 1.88 bits per heavy atom. The number of aliphatic hydroxyl groups is 1. The van der Waals surface area contributed by atoms with Crippen molar-refractivity contribution in [1.29, 1.82) is 0 Å². The topological polar surface area (TPSA) is 66.4 Å². The van der Waals surface area contributed by atoms with Gasteiger partial charge in [0.1, 0.15) is 12.2 Å². The molecule has 1 aliphatic heterocycles. The molecular weight excluding hydrogens is 371 g/mol. The van der Waals surface area contributed by atoms with Gasteiger partial charge in [0.2, 0.25) is 0 Å². The van der Waals surface area contributed by atoms with Gasteiger partial charge in [-0.1, -0.05) is 37.2 Å². The molecule has 140 valence electrons. The van der Waals surface area contributed by atoms with E-state index >= 15 is 0 Å². The van der Waals surface area contributed by atoms with Crippen LogP contribution in [0, 0.1) is 0 Å². The van der Waals surface area contributed by atoms with E-state index in [1.54, 1.807) is 0 Å². The lowest BCUT2D eigenvalue weighted by atomic mass is 9.69. The van der Waals surface area contributed by atoms with Crippen molar-refractivity contribution in [3.63, 3.8) is 0 Å². The predicted octanol–water partition coefficient (Wildman–Crippen LogP) is 0.727. The Kier molecular flexibility index (Phi) is 9.56. The van der Waals surface area contributed by atoms with E-state index in [9.17, 15) is 5.11 Å². The predicted molar refractivity (Wildman–Crippen MR) is 110 cm³/mol. The summed E-state index contributed by atoms with van der Waals surface area (Å²) < 4.78 is 28.5. The number of rotatable bonds is 9. The largest absolute Gasteiger partial charge is 0.433 e. The second kappa shape index (κ2) is 11.1. The molecule has 1 aliphatic rings. The van der Waals surface area contributed by atoms with Crippen LogP contribution in [0.1, 0.15) is 5.56 Å². The highest BCUT2D eigenvalue weighted by Crippen LogP contribution is 2.28. The van der Waals surface area contributed by atoms with Crippen LogP contribution in [0.2, 0.25) is 6.82 Å². The van der Waals surface area contributed by atoms with Crippen molar-refractivity contribution in [3.05, 3.63) is 35.9 Å². The van der Waals surface area contributed by atoms with Gasteiger partial charge in [0.15, 0.2) is 6.29 Å². The molecule has 1 heterocycles. The molecule has 1 fully saturated rings. The van der Waals surface area contributed by atoms with E-state index < -0.39 is 37.2 Å². The highest BCUT2D eigenvalue weighted by Gasteiger charge is 2.47. The molecule has 0 amide bonds. The summed E-state index contributed by atoms with van der Waals surface area (Å²) in [4.78, 5) is 0. The maximum Gasteiger partial charge on any atom is 0.312 e. The van der Waals surface area contributed by atoms with Crippen LogP contribution < -0.4 is 0 Å². The number of aliphatic hydroxyl groups excluding tert-OH is 1. The monoisotopic (exact) mass is 396 g/mol. The van der Waals surface area contributed by atoms with Crippen LogP contribution in [0.15, 0.2) is 30.3 Å². The third-order valence-electron chi connectivity index (χ3n) is 3.93. The minimum atomic E-state index is -1.04. The molecular formula is C15H25B3O6P2. The highest BCUT2D eigenvalue weighted by atomic mass is 31.0. The average molecular weight is 396 g/mol. The number of hydrogen-bond donors (Lipinski definition) is 1. The quantitative estimate of drug-likeness (QED) is 0.491. The summed E-state index contributed by atoms with van der Waals surface area (Å²) in [6.07, 6.45) is -3.65. The van der Waals surface area contributed by atoms with Crippen molar-refractivity contribution >= 4 is 39.1 Å². The summed E-state index contributed by atoms with van der Waals surface area (Å²) in [5, 5.41) is 10.5. The van der Waals surface area contributed by atoms with Gasteiger partial charge in [0, 0.05) is 7.11 Å². The summed E-state index contributed by atoms with van der Waals surface area (Å²) in [6, 6.07) is 9.84. The minimum Gasteiger partial charge on any atom is -0.433 e. The van der Waals surface area contributed by atoms with Gasteiger partial charge in [-0.3, -0.25) is 0 Å². The molecule has 6 nitrogen and oxygen atoms in total. The van der Waals surface area contributed by atoms with Crippen molar-refractivity contribution in [2.24, 2.45) is 0 Å². The summed E-state index contributed by atoms with van der Waals surface area (Å²) in [5.41, 5.74) is 1.06. The van der Waals surface area contributed by atoms with Crippen molar-refractivity contribution in [1.82, 2.24) is 0 Å². The first-order chi connectivity index (χ1) is 12.4. The smallest absolute Gasteiger partial charge is 0.312 e. The highest BCUT2D eigenvalue weighted by molar-refractivity contribution is 7.70. The van der Waals surface area contributed by atoms with Gasteiger partial charge in [0.05, 0.1) is 33.2 Å². The molecule has 1 N–H and O–H groups in total. The Morgan fingerprint density at radius 3 is 2.46 bits per heavy atom. The standard InChI is InChI=1S/C15H25B3O6P2/c1-17(25)23-13-11(9-21-8-10-6-4-3-5-7-10)22-15(20-2)12(19)14(13)24-18(16)26/h3-7,11-15,19H,8-9,25-26H2,1-2H3. The minimum absolute atomic E-state index is 0.168. The summed E-state index contributed by atoms with van der Waals surface area (Å²) in [7, 11) is 12.1. The van der Waals surface area contributed by atoms with E-state index in [0.717, 1.165) is 5.56 Å². The lowest BCUT2D eigenvalue weighted by molar-refractivity contribution is -0.288. The summed E-state index contributed by atoms with van der Waals surface area (Å²) >= 11 is 0. The molecule has 2 rings (SSSR count). The van der Waals surface area contributed by atoms with E-state index in [1.165, 1.54) is 7.11 Å². The molecule has 0 saturated carbocycles. The van der Waals surface area contributed by atoms with Gasteiger partial charge in [-0.2, -0.15) is 0 Å². The molecule has 0 bridgehead atoms. The molecule has 2 radical (unpaired) electrons. The fourth-order valence-electron chi connectivity index (χ4n) is 2.84. The van der Waals surface area contributed by atoms with Gasteiger partial charge in [0.25, 0.3) is 6.53 Å². The fourth-order valence-corrected chi connectivity index (χ4v) is 3.20. The van der Waals surface area contributed by atoms with Crippen molar-refractivity contribution in [2.75, 3.05) is 13.7 Å². The second-order valence-electron chi connectivity index (χ2n) is 6.14. The van der Waals surface area contributed by atoms with Gasteiger partial charge in [-0.05, 0) is 5.56 Å². The first-order valence-corrected chi connectivity index (χ1v) is 9.81. The summed E-state index contributed by atoms with van der Waals surface area (Å²) in [6.45, 7) is 1.76. The SMILES string of the molecule is [B]B(P)OC1C(O)C(OC)OC(COCc2ccccc2)C1OB(C)P. The fraction of sp³-hybridized carbons (Fsp3) is 0.600. The molecule has 26 heavy (non-hydrogen) atoms. The normalized spacial score (nSPS) is 28.7. The molecule has 0 aromatic heterocycles.